The first kappa shape index (κ1) is 20.2. The lowest BCUT2D eigenvalue weighted by molar-refractivity contribution is 0.00454. The third-order valence-corrected chi connectivity index (χ3v) is 2.99. The zero-order chi connectivity index (χ0) is 18.3. The van der Waals surface area contributed by atoms with Crippen molar-refractivity contribution in [3.63, 3.8) is 0 Å². The summed E-state index contributed by atoms with van der Waals surface area (Å²) in [6.07, 6.45) is 1.67. The van der Waals surface area contributed by atoms with Gasteiger partial charge in [0.2, 0.25) is 0 Å². The number of hydrogen-bond acceptors (Lipinski definition) is 5. The minimum Gasteiger partial charge on any atom is -0.466 e. The fraction of sp³-hybridized carbons (Fsp3) is 0.526. The molecule has 0 aliphatic heterocycles. The largest absolute Gasteiger partial charge is 0.466 e. The first-order chi connectivity index (χ1) is 11.2. The van der Waals surface area contributed by atoms with Crippen LogP contribution < -0.4 is 4.74 Å². The molecule has 0 fully saturated rings. The van der Waals surface area contributed by atoms with Crippen LogP contribution in [0.25, 0.3) is 6.08 Å². The Labute approximate surface area is 144 Å². The second-order valence-electron chi connectivity index (χ2n) is 6.63. The predicted molar refractivity (Wildman–Crippen MR) is 94.1 cm³/mol. The van der Waals surface area contributed by atoms with Gasteiger partial charge in [-0.3, -0.25) is 0 Å². The molecule has 24 heavy (non-hydrogen) atoms. The van der Waals surface area contributed by atoms with Gasteiger partial charge < -0.3 is 18.9 Å². The summed E-state index contributed by atoms with van der Waals surface area (Å²) in [6, 6.07) is 3.67. The van der Waals surface area contributed by atoms with E-state index in [1.54, 1.807) is 6.08 Å². The van der Waals surface area contributed by atoms with Crippen LogP contribution in [0.15, 0.2) is 18.7 Å². The van der Waals surface area contributed by atoms with Crippen LogP contribution in [0.3, 0.4) is 0 Å². The van der Waals surface area contributed by atoms with E-state index in [2.05, 4.69) is 6.58 Å². The van der Waals surface area contributed by atoms with Crippen LogP contribution >= 0.6 is 0 Å². The molecule has 1 rings (SSSR count). The summed E-state index contributed by atoms with van der Waals surface area (Å²) in [7, 11) is 1.52. The Kier molecular flexibility index (Phi) is 7.45. The topological polar surface area (TPSA) is 54.0 Å². The molecule has 0 aromatic heterocycles. The van der Waals surface area contributed by atoms with E-state index < -0.39 is 11.6 Å². The maximum absolute atomic E-state index is 12.7. The number of ether oxygens (including phenoxy) is 4. The van der Waals surface area contributed by atoms with Crippen molar-refractivity contribution in [1.29, 1.82) is 0 Å². The van der Waals surface area contributed by atoms with Crippen molar-refractivity contribution in [1.82, 2.24) is 0 Å². The van der Waals surface area contributed by atoms with Gasteiger partial charge in [0, 0.05) is 12.7 Å². The van der Waals surface area contributed by atoms with Crippen LogP contribution in [-0.4, -0.2) is 31.6 Å². The molecule has 1 aromatic carbocycles. The summed E-state index contributed by atoms with van der Waals surface area (Å²) < 4.78 is 21.8. The molecule has 5 nitrogen and oxygen atoms in total. The third kappa shape index (κ3) is 5.98. The number of carbonyl (C=O) groups excluding carboxylic acids is 1. The second-order valence-corrected chi connectivity index (χ2v) is 6.63. The van der Waals surface area contributed by atoms with E-state index in [9.17, 15) is 4.79 Å². The Morgan fingerprint density at radius 1 is 1.29 bits per heavy atom. The lowest BCUT2D eigenvalue weighted by Gasteiger charge is -2.23. The van der Waals surface area contributed by atoms with Crippen molar-refractivity contribution >= 4 is 12.0 Å². The van der Waals surface area contributed by atoms with Gasteiger partial charge in [0.1, 0.15) is 16.9 Å². The van der Waals surface area contributed by atoms with Gasteiger partial charge in [-0.1, -0.05) is 24.8 Å². The minimum atomic E-state index is -0.615. The Morgan fingerprint density at radius 3 is 2.46 bits per heavy atom. The lowest BCUT2D eigenvalue weighted by atomic mass is 10.0. The molecule has 0 radical (unpaired) electrons. The molecule has 0 bridgehead atoms. The van der Waals surface area contributed by atoms with E-state index in [4.69, 9.17) is 18.9 Å². The van der Waals surface area contributed by atoms with E-state index in [-0.39, 0.29) is 19.5 Å². The number of esters is 1. The zero-order valence-corrected chi connectivity index (χ0v) is 15.5. The van der Waals surface area contributed by atoms with Gasteiger partial charge in [-0.15, -0.1) is 0 Å². The van der Waals surface area contributed by atoms with Gasteiger partial charge in [0.25, 0.3) is 0 Å². The summed E-state index contributed by atoms with van der Waals surface area (Å²) in [4.78, 5) is 12.7. The van der Waals surface area contributed by atoms with E-state index in [1.165, 1.54) is 7.11 Å². The Bertz CT molecular complexity index is 570. The van der Waals surface area contributed by atoms with Crippen molar-refractivity contribution in [2.75, 3.05) is 13.9 Å². The van der Waals surface area contributed by atoms with E-state index in [0.29, 0.717) is 22.4 Å². The summed E-state index contributed by atoms with van der Waals surface area (Å²) in [5.41, 5.74) is 1.13. The molecule has 0 atom stereocenters. The second kappa shape index (κ2) is 8.85. The highest BCUT2D eigenvalue weighted by molar-refractivity contribution is 5.96. The Hall–Kier alpha value is -1.85. The van der Waals surface area contributed by atoms with Gasteiger partial charge >= 0.3 is 5.97 Å². The van der Waals surface area contributed by atoms with Crippen LogP contribution in [0.2, 0.25) is 0 Å². The molecular weight excluding hydrogens is 308 g/mol. The Morgan fingerprint density at radius 2 is 1.96 bits per heavy atom. The average Bonchev–Trinajstić information content (AvgIpc) is 2.48. The van der Waals surface area contributed by atoms with Gasteiger partial charge in [-0.25, -0.2) is 4.79 Å². The molecule has 134 valence electrons. The van der Waals surface area contributed by atoms with Gasteiger partial charge in [-0.05, 0) is 40.2 Å². The molecule has 5 heteroatoms. The molecule has 0 saturated carbocycles. The molecule has 1 aromatic rings. The van der Waals surface area contributed by atoms with Crippen molar-refractivity contribution in [2.24, 2.45) is 0 Å². The molecule has 0 unspecified atom stereocenters. The lowest BCUT2D eigenvalue weighted by Crippen LogP contribution is -2.25. The van der Waals surface area contributed by atoms with Gasteiger partial charge in [0.15, 0.2) is 6.79 Å². The van der Waals surface area contributed by atoms with E-state index in [1.807, 2.05) is 46.8 Å². The number of methoxy groups -OCH3 is 1. The molecule has 0 saturated heterocycles. The highest BCUT2D eigenvalue weighted by atomic mass is 16.7. The van der Waals surface area contributed by atoms with Gasteiger partial charge in [-0.2, -0.15) is 0 Å². The number of carbonyl (C=O) groups is 1. The predicted octanol–water partition coefficient (Wildman–Crippen LogP) is 4.19. The maximum atomic E-state index is 12.7. The first-order valence-corrected chi connectivity index (χ1v) is 7.94. The monoisotopic (exact) mass is 336 g/mol. The molecule has 0 aliphatic carbocycles. The fourth-order valence-corrected chi connectivity index (χ4v) is 2.00. The smallest absolute Gasteiger partial charge is 0.342 e. The zero-order valence-electron chi connectivity index (χ0n) is 15.5. The highest BCUT2D eigenvalue weighted by Crippen LogP contribution is 2.31. The standard InChI is InChI=1S/C19H28O5/c1-8-14-9-10-15(11-22-13(2)3)16(17(14)23-12-21-7)18(20)24-19(4,5)6/h8-10,13H,1,11-12H2,2-7H3. The SMILES string of the molecule is C=Cc1ccc(COC(C)C)c(C(=O)OC(C)(C)C)c1OCOC. The normalized spacial score (nSPS) is 11.5. The third-order valence-electron chi connectivity index (χ3n) is 2.99. The molecular formula is C19H28O5. The van der Waals surface area contributed by atoms with Crippen molar-refractivity contribution in [3.05, 3.63) is 35.4 Å². The van der Waals surface area contributed by atoms with Crippen LogP contribution in [-0.2, 0) is 20.8 Å². The fourth-order valence-electron chi connectivity index (χ4n) is 2.00. The summed E-state index contributed by atoms with van der Waals surface area (Å²) >= 11 is 0. The summed E-state index contributed by atoms with van der Waals surface area (Å²) in [5.74, 6) is -0.0642. The average molecular weight is 336 g/mol. The number of rotatable bonds is 8. The Balaban J connectivity index is 3.37. The van der Waals surface area contributed by atoms with Crippen LogP contribution in [0.5, 0.6) is 5.75 Å². The number of hydrogen-bond donors (Lipinski definition) is 0. The minimum absolute atomic E-state index is 0.0190. The summed E-state index contributed by atoms with van der Waals surface area (Å²) in [6.45, 7) is 13.4. The van der Waals surface area contributed by atoms with Crippen molar-refractivity contribution in [3.8, 4) is 5.75 Å². The van der Waals surface area contributed by atoms with Crippen LogP contribution in [0.4, 0.5) is 0 Å². The van der Waals surface area contributed by atoms with E-state index >= 15 is 0 Å². The van der Waals surface area contributed by atoms with Crippen molar-refractivity contribution in [2.45, 2.75) is 52.9 Å². The van der Waals surface area contributed by atoms with Gasteiger partial charge in [0.05, 0.1) is 12.7 Å². The number of benzene rings is 1. The quantitative estimate of drug-likeness (QED) is 0.526. The molecule has 0 heterocycles. The van der Waals surface area contributed by atoms with Crippen LogP contribution in [0.1, 0.15) is 56.1 Å². The molecule has 0 aliphatic rings. The molecule has 0 amide bonds. The van der Waals surface area contributed by atoms with E-state index in [0.717, 1.165) is 0 Å². The van der Waals surface area contributed by atoms with Crippen LogP contribution in [0, 0.1) is 0 Å². The van der Waals surface area contributed by atoms with Crippen molar-refractivity contribution < 1.29 is 23.7 Å². The first-order valence-electron chi connectivity index (χ1n) is 7.94. The highest BCUT2D eigenvalue weighted by Gasteiger charge is 2.26. The maximum Gasteiger partial charge on any atom is 0.342 e. The molecule has 0 spiro atoms. The summed E-state index contributed by atoms with van der Waals surface area (Å²) in [5, 5.41) is 0. The molecule has 0 N–H and O–H groups in total.